The maximum Gasteiger partial charge on any atom is 0.323 e. The molecule has 0 spiro atoms. The molecular weight excluding hydrogens is 214 g/mol. The summed E-state index contributed by atoms with van der Waals surface area (Å²) in [5, 5.41) is 0. The molecular formula is C10H21NO3S. The lowest BCUT2D eigenvalue weighted by molar-refractivity contribution is -0.152. The van der Waals surface area contributed by atoms with Crippen molar-refractivity contribution in [2.24, 2.45) is 5.73 Å². The molecule has 4 nitrogen and oxygen atoms in total. The van der Waals surface area contributed by atoms with Crippen molar-refractivity contribution in [1.82, 2.24) is 0 Å². The molecule has 0 rings (SSSR count). The zero-order valence-corrected chi connectivity index (χ0v) is 10.5. The zero-order valence-electron chi connectivity index (χ0n) is 9.69. The van der Waals surface area contributed by atoms with E-state index in [-0.39, 0.29) is 12.1 Å². The molecule has 5 heteroatoms. The van der Waals surface area contributed by atoms with E-state index in [2.05, 4.69) is 0 Å². The minimum absolute atomic E-state index is 0.224. The fourth-order valence-electron chi connectivity index (χ4n) is 0.966. The first-order valence-corrected chi connectivity index (χ1v) is 6.54. The lowest BCUT2D eigenvalue weighted by Crippen LogP contribution is -2.35. The molecule has 0 bridgehead atoms. The Morgan fingerprint density at radius 3 is 2.73 bits per heavy atom. The fraction of sp³-hybridized carbons (Fsp3) is 0.900. The second-order valence-corrected chi connectivity index (χ2v) is 4.28. The number of carbonyl (C=O) groups is 1. The van der Waals surface area contributed by atoms with Gasteiger partial charge < -0.3 is 15.2 Å². The highest BCUT2D eigenvalue weighted by Gasteiger charge is 2.17. The first-order valence-electron chi connectivity index (χ1n) is 5.14. The predicted molar refractivity (Wildman–Crippen MR) is 63.0 cm³/mol. The van der Waals surface area contributed by atoms with Gasteiger partial charge in [0.05, 0.1) is 6.61 Å². The Balaban J connectivity index is 3.70. The predicted octanol–water partition coefficient (Wildman–Crippen LogP) is 1.04. The number of ether oxygens (including phenoxy) is 2. The van der Waals surface area contributed by atoms with Crippen molar-refractivity contribution in [2.75, 3.05) is 25.2 Å². The Morgan fingerprint density at radius 1 is 1.53 bits per heavy atom. The molecule has 0 heterocycles. The quantitative estimate of drug-likeness (QED) is 0.637. The van der Waals surface area contributed by atoms with Gasteiger partial charge in [0.15, 0.2) is 0 Å². The number of thioether (sulfide) groups is 1. The van der Waals surface area contributed by atoms with E-state index in [0.717, 1.165) is 5.75 Å². The fourth-order valence-corrected chi connectivity index (χ4v) is 1.46. The molecule has 2 N–H and O–H groups in total. The van der Waals surface area contributed by atoms with Gasteiger partial charge >= 0.3 is 5.97 Å². The molecule has 0 aliphatic carbocycles. The number of rotatable bonds is 8. The van der Waals surface area contributed by atoms with Crippen LogP contribution in [0.25, 0.3) is 0 Å². The SMILES string of the molecule is CCOCC(C)OC(=O)C(N)CCSC. The second-order valence-electron chi connectivity index (χ2n) is 3.29. The Bertz CT molecular complexity index is 178. The van der Waals surface area contributed by atoms with Gasteiger partial charge in [0, 0.05) is 6.61 Å². The maximum atomic E-state index is 11.4. The van der Waals surface area contributed by atoms with Crippen molar-refractivity contribution in [2.45, 2.75) is 32.4 Å². The van der Waals surface area contributed by atoms with Crippen molar-refractivity contribution in [1.29, 1.82) is 0 Å². The van der Waals surface area contributed by atoms with E-state index >= 15 is 0 Å². The third kappa shape index (κ3) is 7.64. The van der Waals surface area contributed by atoms with Crippen LogP contribution in [0.4, 0.5) is 0 Å². The van der Waals surface area contributed by atoms with Crippen molar-refractivity contribution in [3.63, 3.8) is 0 Å². The summed E-state index contributed by atoms with van der Waals surface area (Å²) in [5.74, 6) is 0.534. The van der Waals surface area contributed by atoms with E-state index in [4.69, 9.17) is 15.2 Å². The van der Waals surface area contributed by atoms with E-state index in [1.54, 1.807) is 18.7 Å². The van der Waals surface area contributed by atoms with Crippen LogP contribution in [-0.2, 0) is 14.3 Å². The van der Waals surface area contributed by atoms with Crippen LogP contribution in [0.15, 0.2) is 0 Å². The second kappa shape index (κ2) is 9.00. The summed E-state index contributed by atoms with van der Waals surface area (Å²) in [7, 11) is 0. The third-order valence-electron chi connectivity index (χ3n) is 1.81. The highest BCUT2D eigenvalue weighted by molar-refractivity contribution is 7.98. The van der Waals surface area contributed by atoms with Crippen molar-refractivity contribution in [3.05, 3.63) is 0 Å². The summed E-state index contributed by atoms with van der Waals surface area (Å²) in [6.07, 6.45) is 2.41. The van der Waals surface area contributed by atoms with Gasteiger partial charge in [-0.3, -0.25) is 4.79 Å². The molecule has 90 valence electrons. The summed E-state index contributed by atoms with van der Waals surface area (Å²) in [5.41, 5.74) is 5.65. The smallest absolute Gasteiger partial charge is 0.323 e. The van der Waals surface area contributed by atoms with Crippen LogP contribution in [0, 0.1) is 0 Å². The number of hydrogen-bond acceptors (Lipinski definition) is 5. The van der Waals surface area contributed by atoms with Gasteiger partial charge in [-0.15, -0.1) is 0 Å². The molecule has 0 saturated carbocycles. The Hall–Kier alpha value is -0.260. The highest BCUT2D eigenvalue weighted by atomic mass is 32.2. The molecule has 0 aromatic heterocycles. The largest absolute Gasteiger partial charge is 0.459 e. The lowest BCUT2D eigenvalue weighted by Gasteiger charge is -2.16. The Morgan fingerprint density at radius 2 is 2.20 bits per heavy atom. The van der Waals surface area contributed by atoms with Crippen LogP contribution in [-0.4, -0.2) is 43.3 Å². The average molecular weight is 235 g/mol. The minimum Gasteiger partial charge on any atom is -0.459 e. The van der Waals surface area contributed by atoms with Crippen molar-refractivity contribution in [3.8, 4) is 0 Å². The highest BCUT2D eigenvalue weighted by Crippen LogP contribution is 2.02. The zero-order chi connectivity index (χ0) is 11.7. The summed E-state index contributed by atoms with van der Waals surface area (Å²) < 4.78 is 10.2. The summed E-state index contributed by atoms with van der Waals surface area (Å²) >= 11 is 1.67. The van der Waals surface area contributed by atoms with E-state index in [1.165, 1.54) is 0 Å². The topological polar surface area (TPSA) is 61.5 Å². The van der Waals surface area contributed by atoms with E-state index in [0.29, 0.717) is 19.6 Å². The van der Waals surface area contributed by atoms with Gasteiger partial charge in [-0.25, -0.2) is 0 Å². The molecule has 2 atom stereocenters. The number of nitrogens with two attached hydrogens (primary N) is 1. The van der Waals surface area contributed by atoms with Gasteiger partial charge in [0.1, 0.15) is 12.1 Å². The van der Waals surface area contributed by atoms with Gasteiger partial charge in [-0.1, -0.05) is 0 Å². The monoisotopic (exact) mass is 235 g/mol. The van der Waals surface area contributed by atoms with Crippen LogP contribution < -0.4 is 5.73 Å². The first kappa shape index (κ1) is 14.7. The molecule has 15 heavy (non-hydrogen) atoms. The molecule has 0 aromatic rings. The van der Waals surface area contributed by atoms with Gasteiger partial charge in [-0.05, 0) is 32.3 Å². The van der Waals surface area contributed by atoms with Crippen molar-refractivity contribution < 1.29 is 14.3 Å². The summed E-state index contributed by atoms with van der Waals surface area (Å²) in [4.78, 5) is 11.4. The van der Waals surface area contributed by atoms with Crippen LogP contribution in [0.5, 0.6) is 0 Å². The molecule has 0 amide bonds. The van der Waals surface area contributed by atoms with Crippen LogP contribution in [0.3, 0.4) is 0 Å². The van der Waals surface area contributed by atoms with Gasteiger partial charge in [0.25, 0.3) is 0 Å². The van der Waals surface area contributed by atoms with Gasteiger partial charge in [0.2, 0.25) is 0 Å². The normalized spacial score (nSPS) is 14.7. The van der Waals surface area contributed by atoms with Crippen LogP contribution in [0.1, 0.15) is 20.3 Å². The summed E-state index contributed by atoms with van der Waals surface area (Å²) in [6.45, 7) is 4.76. The van der Waals surface area contributed by atoms with Crippen LogP contribution in [0.2, 0.25) is 0 Å². The molecule has 0 radical (unpaired) electrons. The number of esters is 1. The molecule has 0 fully saturated rings. The molecule has 0 saturated heterocycles. The molecule has 0 aliphatic heterocycles. The molecule has 0 aliphatic rings. The van der Waals surface area contributed by atoms with E-state index < -0.39 is 6.04 Å². The standard InChI is InChI=1S/C10H21NO3S/c1-4-13-7-8(2)14-10(12)9(11)5-6-15-3/h8-9H,4-7,11H2,1-3H3. The Labute approximate surface area is 95.9 Å². The van der Waals surface area contributed by atoms with Gasteiger partial charge in [-0.2, -0.15) is 11.8 Å². The van der Waals surface area contributed by atoms with E-state index in [1.807, 2.05) is 13.2 Å². The first-order chi connectivity index (χ1) is 7.11. The molecule has 0 aromatic carbocycles. The summed E-state index contributed by atoms with van der Waals surface area (Å²) in [6, 6.07) is -0.512. The average Bonchev–Trinajstić information content (AvgIpc) is 2.22. The molecule has 2 unspecified atom stereocenters. The number of hydrogen-bond donors (Lipinski definition) is 1. The van der Waals surface area contributed by atoms with Crippen molar-refractivity contribution >= 4 is 17.7 Å². The Kier molecular flexibility index (Phi) is 8.85. The van der Waals surface area contributed by atoms with Crippen LogP contribution >= 0.6 is 11.8 Å². The number of carbonyl (C=O) groups excluding carboxylic acids is 1. The third-order valence-corrected chi connectivity index (χ3v) is 2.45. The lowest BCUT2D eigenvalue weighted by atomic mass is 10.2. The maximum absolute atomic E-state index is 11.4. The van der Waals surface area contributed by atoms with E-state index in [9.17, 15) is 4.79 Å². The minimum atomic E-state index is -0.512.